The van der Waals surface area contributed by atoms with E-state index in [2.05, 4.69) is 72.7 Å². The maximum Gasteiger partial charge on any atom is 0.268 e. The van der Waals surface area contributed by atoms with E-state index in [1.165, 1.54) is 41.1 Å². The van der Waals surface area contributed by atoms with E-state index >= 15 is 0 Å². The Kier molecular flexibility index (Phi) is 16.2. The van der Waals surface area contributed by atoms with Crippen LogP contribution in [0, 0.1) is 11.3 Å². The number of rotatable bonds is 20. The zero-order chi connectivity index (χ0) is 54.6. The standard InChI is InChI=1S/C58H65ClN10O8S/c1-58(2)22-20-39(47(29-58)36-8-10-40(59)11-9-36)31-60-24-25-61-42-14-16-46(52(27-42)77-43-26-37-21-23-62-54(37)65-33-43)55(71)68-78(75,76)44-15-17-49(50(28-44)67-74)64-30-35-6-12-41(13-7-35)63-32-38-4-3-5-45-48(38)34-69(57(45)73)51-18-19-53(70)66-56(51)72/h3-5,8-11,14-17,21,23,26-28,33,35,41,51,60-61,63-64,67,74H,6-7,12-13,18-20,22,24-25,29-32,34H2,1-2H3,(H,62,65)(H,68,71)(H,66,70,72)/t35-,41+,51?. The lowest BCUT2D eigenvalue weighted by Crippen LogP contribution is -2.52. The normalized spacial score (nSPS) is 19.4. The maximum absolute atomic E-state index is 14.0. The first-order chi connectivity index (χ1) is 37.6. The van der Waals surface area contributed by atoms with E-state index in [9.17, 15) is 32.8 Å². The number of amides is 4. The molecule has 1 saturated heterocycles. The second-order valence-electron chi connectivity index (χ2n) is 21.5. The summed E-state index contributed by atoms with van der Waals surface area (Å²) in [6.07, 6.45) is 10.6. The molecule has 18 nitrogen and oxygen atoms in total. The summed E-state index contributed by atoms with van der Waals surface area (Å²) in [5.41, 5.74) is 10.7. The van der Waals surface area contributed by atoms with Crippen molar-refractivity contribution >= 4 is 78.9 Å². The number of fused-ring (bicyclic) bond motifs is 2. The zero-order valence-electron chi connectivity index (χ0n) is 43.6. The number of ether oxygens (including phenoxy) is 1. The summed E-state index contributed by atoms with van der Waals surface area (Å²) in [7, 11) is -4.46. The number of sulfonamides is 1. The Labute approximate surface area is 458 Å². The predicted molar refractivity (Wildman–Crippen MR) is 300 cm³/mol. The van der Waals surface area contributed by atoms with Crippen LogP contribution in [0.15, 0.2) is 114 Å². The first kappa shape index (κ1) is 54.1. The van der Waals surface area contributed by atoms with Gasteiger partial charge >= 0.3 is 0 Å². The molecule has 20 heteroatoms. The molecule has 2 aliphatic heterocycles. The molecule has 78 heavy (non-hydrogen) atoms. The molecule has 1 saturated carbocycles. The SMILES string of the molecule is CC1(C)CCC(CNCCNc2ccc(C(=O)NS(=O)(=O)c3ccc(NC[C@H]4CC[C@@H](NCc5cccc6c5CN(C5CCC(=O)NC5=O)C6=O)CC4)c(NO)c3)c(Oc3cnc4[nH]ccc4c3)c2)=C(c2ccc(Cl)cc2)C1. The number of aromatic amines is 1. The third kappa shape index (κ3) is 12.5. The van der Waals surface area contributed by atoms with Crippen LogP contribution in [0.2, 0.25) is 5.02 Å². The van der Waals surface area contributed by atoms with Gasteiger partial charge in [0.2, 0.25) is 11.8 Å². The largest absolute Gasteiger partial charge is 0.455 e. The van der Waals surface area contributed by atoms with Crippen molar-refractivity contribution in [3.05, 3.63) is 142 Å². The van der Waals surface area contributed by atoms with Crippen LogP contribution in [0.4, 0.5) is 17.1 Å². The smallest absolute Gasteiger partial charge is 0.268 e. The number of piperidine rings is 1. The van der Waals surface area contributed by atoms with E-state index in [0.717, 1.165) is 68.0 Å². The predicted octanol–water partition coefficient (Wildman–Crippen LogP) is 9.12. The lowest BCUT2D eigenvalue weighted by Gasteiger charge is -2.34. The number of hydrogen-bond acceptors (Lipinski definition) is 14. The highest BCUT2D eigenvalue weighted by Gasteiger charge is 2.40. The van der Waals surface area contributed by atoms with Crippen LogP contribution in [-0.4, -0.2) is 90.4 Å². The monoisotopic (exact) mass is 1100 g/mol. The number of nitrogens with zero attached hydrogens (tertiary/aromatic N) is 2. The van der Waals surface area contributed by atoms with Crippen molar-refractivity contribution in [3.63, 3.8) is 0 Å². The highest BCUT2D eigenvalue weighted by Crippen LogP contribution is 2.43. The third-order valence-corrected chi connectivity index (χ3v) is 17.1. The molecule has 9 N–H and O–H groups in total. The van der Waals surface area contributed by atoms with E-state index in [4.69, 9.17) is 16.3 Å². The second-order valence-corrected chi connectivity index (χ2v) is 23.6. The first-order valence-electron chi connectivity index (χ1n) is 26.6. The highest BCUT2D eigenvalue weighted by atomic mass is 35.5. The molecule has 4 amide bonds. The number of pyridine rings is 1. The Morgan fingerprint density at radius 2 is 1.72 bits per heavy atom. The number of carbonyl (C=O) groups excluding carboxylic acids is 4. The van der Waals surface area contributed by atoms with Gasteiger partial charge < -0.3 is 35.9 Å². The highest BCUT2D eigenvalue weighted by molar-refractivity contribution is 7.90. The van der Waals surface area contributed by atoms with Crippen molar-refractivity contribution in [2.75, 3.05) is 42.3 Å². The number of hydrogen-bond donors (Lipinski definition) is 9. The summed E-state index contributed by atoms with van der Waals surface area (Å²) in [5.74, 6) is -1.10. The molecule has 0 bridgehead atoms. The Hall–Kier alpha value is -7.29. The Bertz CT molecular complexity index is 3390. The number of H-pyrrole nitrogens is 1. The van der Waals surface area contributed by atoms with Crippen molar-refractivity contribution in [1.82, 2.24) is 35.5 Å². The van der Waals surface area contributed by atoms with Gasteiger partial charge in [0.05, 0.1) is 28.0 Å². The molecule has 4 heterocycles. The summed E-state index contributed by atoms with van der Waals surface area (Å²) in [4.78, 5) is 60.4. The van der Waals surface area contributed by atoms with Crippen LogP contribution in [0.3, 0.4) is 0 Å². The molecule has 0 spiro atoms. The van der Waals surface area contributed by atoms with Crippen LogP contribution in [-0.2, 0) is 32.7 Å². The second kappa shape index (κ2) is 23.4. The number of halogens is 1. The van der Waals surface area contributed by atoms with Gasteiger partial charge in [-0.1, -0.05) is 55.3 Å². The molecule has 4 aromatic carbocycles. The summed E-state index contributed by atoms with van der Waals surface area (Å²) in [6.45, 7) is 8.03. The van der Waals surface area contributed by atoms with E-state index in [1.54, 1.807) is 41.4 Å². The van der Waals surface area contributed by atoms with Crippen LogP contribution in [0.25, 0.3) is 16.6 Å². The molecule has 4 aliphatic rings. The van der Waals surface area contributed by atoms with Gasteiger partial charge in [0.1, 0.15) is 23.2 Å². The van der Waals surface area contributed by atoms with E-state index < -0.39 is 27.9 Å². The molecular formula is C58H65ClN10O8S. The zero-order valence-corrected chi connectivity index (χ0v) is 45.2. The van der Waals surface area contributed by atoms with Gasteiger partial charge in [-0.3, -0.25) is 35.2 Å². The van der Waals surface area contributed by atoms with Gasteiger partial charge in [-0.25, -0.2) is 18.1 Å². The average Bonchev–Trinajstić information content (AvgIpc) is 4.16. The lowest BCUT2D eigenvalue weighted by molar-refractivity contribution is -0.136. The van der Waals surface area contributed by atoms with Crippen LogP contribution >= 0.6 is 11.6 Å². The van der Waals surface area contributed by atoms with Crippen molar-refractivity contribution in [1.29, 1.82) is 0 Å². The Morgan fingerprint density at radius 3 is 2.51 bits per heavy atom. The first-order valence-corrected chi connectivity index (χ1v) is 28.5. The number of aromatic nitrogens is 2. The van der Waals surface area contributed by atoms with Gasteiger partial charge in [-0.2, -0.15) is 0 Å². The number of allylic oxidation sites excluding steroid dienone is 1. The maximum atomic E-state index is 14.0. The topological polar surface area (TPSA) is 248 Å². The minimum Gasteiger partial charge on any atom is -0.455 e. The quantitative estimate of drug-likeness (QED) is 0.0197. The minimum atomic E-state index is -4.46. The lowest BCUT2D eigenvalue weighted by atomic mass is 9.72. The van der Waals surface area contributed by atoms with Gasteiger partial charge in [0.15, 0.2) is 0 Å². The number of carbonyl (C=O) groups is 4. The fourth-order valence-electron chi connectivity index (χ4n) is 11.1. The third-order valence-electron chi connectivity index (χ3n) is 15.5. The molecule has 1 atom stereocenters. The molecule has 2 aliphatic carbocycles. The number of anilines is 3. The molecular weight excluding hydrogens is 1030 g/mol. The summed E-state index contributed by atoms with van der Waals surface area (Å²) >= 11 is 6.22. The van der Waals surface area contributed by atoms with Gasteiger partial charge in [-0.15, -0.1) is 0 Å². The van der Waals surface area contributed by atoms with Crippen LogP contribution in [0.5, 0.6) is 11.5 Å². The molecule has 2 aromatic heterocycles. The van der Waals surface area contributed by atoms with Crippen molar-refractivity contribution < 1.29 is 37.5 Å². The van der Waals surface area contributed by atoms with Crippen LogP contribution in [0.1, 0.15) is 109 Å². The van der Waals surface area contributed by atoms with Gasteiger partial charge in [-0.05, 0) is 146 Å². The molecule has 408 valence electrons. The fraction of sp³-hybridized carbons (Fsp3) is 0.362. The Balaban J connectivity index is 0.736. The van der Waals surface area contributed by atoms with E-state index in [0.29, 0.717) is 78.4 Å². The van der Waals surface area contributed by atoms with Crippen LogP contribution < -0.4 is 41.5 Å². The van der Waals surface area contributed by atoms with Crippen molar-refractivity contribution in [2.24, 2.45) is 11.3 Å². The summed E-state index contributed by atoms with van der Waals surface area (Å²) in [5, 5.41) is 28.1. The van der Waals surface area contributed by atoms with Gasteiger partial charge in [0, 0.05) is 85.7 Å². The van der Waals surface area contributed by atoms with Crippen molar-refractivity contribution in [2.45, 2.75) is 102 Å². The van der Waals surface area contributed by atoms with E-state index in [1.807, 2.05) is 30.3 Å². The molecule has 2 fully saturated rings. The summed E-state index contributed by atoms with van der Waals surface area (Å²) < 4.78 is 36.2. The average molecular weight is 1100 g/mol. The van der Waals surface area contributed by atoms with Gasteiger partial charge in [0.25, 0.3) is 21.8 Å². The summed E-state index contributed by atoms with van der Waals surface area (Å²) in [6, 6.07) is 26.0. The molecule has 10 rings (SSSR count). The number of imide groups is 1. The minimum absolute atomic E-state index is 0.0274. The number of benzene rings is 4. The fourth-order valence-corrected chi connectivity index (χ4v) is 12.2. The molecule has 1 unspecified atom stereocenters. The van der Waals surface area contributed by atoms with Crippen molar-refractivity contribution in [3.8, 4) is 11.5 Å². The molecule has 6 aromatic rings. The van der Waals surface area contributed by atoms with E-state index in [-0.39, 0.29) is 51.6 Å². The molecule has 0 radical (unpaired) electrons. The Morgan fingerprint density at radius 1 is 0.897 bits per heavy atom. The number of nitrogens with one attached hydrogen (secondary N) is 8.